The fraction of sp³-hybridized carbons (Fsp3) is 0.615. The molecule has 0 amide bonds. The maximum absolute atomic E-state index is 12.9. The number of ether oxygens (including phenoxy) is 3. The van der Waals surface area contributed by atoms with Gasteiger partial charge in [-0.15, -0.1) is 0 Å². The SMILES string of the molecule is CC/C=C\C/C=C\C/C=C\C/C=C\C/C=C\C/C=C\CCCCCCC(=O)OCC(COC(=O)CCCCC/C=C\C/C=C\C/C=C\CC)OC(=O)CCCCCCCCC/C=C\C/C=C\CCCCC. The van der Waals surface area contributed by atoms with E-state index in [9.17, 15) is 14.4 Å². The third-order valence-corrected chi connectivity index (χ3v) is 11.6. The van der Waals surface area contributed by atoms with Crippen LogP contribution in [0, 0.1) is 0 Å². The quantitative estimate of drug-likeness (QED) is 0.0262. The molecule has 1 atom stereocenters. The first kappa shape index (κ1) is 66.6. The van der Waals surface area contributed by atoms with Crippen LogP contribution in [-0.2, 0) is 28.6 Å². The molecule has 0 N–H and O–H groups in total. The number of carbonyl (C=O) groups excluding carboxylic acids is 3. The van der Waals surface area contributed by atoms with Crippen LogP contribution in [0.1, 0.15) is 239 Å². The van der Waals surface area contributed by atoms with Gasteiger partial charge in [0.05, 0.1) is 0 Å². The van der Waals surface area contributed by atoms with Crippen LogP contribution in [0.4, 0.5) is 0 Å². The molecule has 0 saturated carbocycles. The number of hydrogen-bond acceptors (Lipinski definition) is 6. The fourth-order valence-corrected chi connectivity index (χ4v) is 7.37. The first-order valence-electron chi connectivity index (χ1n) is 28.7. The average Bonchev–Trinajstić information content (AvgIpc) is 3.37. The van der Waals surface area contributed by atoms with Crippen molar-refractivity contribution >= 4 is 17.9 Å². The highest BCUT2D eigenvalue weighted by atomic mass is 16.6. The molecule has 0 bridgehead atoms. The van der Waals surface area contributed by atoms with Crippen molar-refractivity contribution in [3.05, 3.63) is 134 Å². The molecule has 0 aromatic heterocycles. The summed E-state index contributed by atoms with van der Waals surface area (Å²) in [6.45, 7) is 6.32. The van der Waals surface area contributed by atoms with Crippen molar-refractivity contribution < 1.29 is 28.6 Å². The van der Waals surface area contributed by atoms with Gasteiger partial charge in [0.2, 0.25) is 0 Å². The molecule has 400 valence electrons. The summed E-state index contributed by atoms with van der Waals surface area (Å²) in [5.74, 6) is -0.973. The van der Waals surface area contributed by atoms with Crippen molar-refractivity contribution in [2.24, 2.45) is 0 Å². The van der Waals surface area contributed by atoms with E-state index in [4.69, 9.17) is 14.2 Å². The Morgan fingerprint density at radius 1 is 0.296 bits per heavy atom. The highest BCUT2D eigenvalue weighted by Crippen LogP contribution is 2.13. The minimum Gasteiger partial charge on any atom is -0.462 e. The molecule has 6 heteroatoms. The Morgan fingerprint density at radius 2 is 0.549 bits per heavy atom. The summed E-state index contributed by atoms with van der Waals surface area (Å²) in [5.41, 5.74) is 0. The number of allylic oxidation sites excluding steroid dienone is 22. The van der Waals surface area contributed by atoms with Crippen molar-refractivity contribution in [1.82, 2.24) is 0 Å². The average molecular weight is 982 g/mol. The van der Waals surface area contributed by atoms with Crippen molar-refractivity contribution in [3.8, 4) is 0 Å². The molecule has 0 aliphatic rings. The van der Waals surface area contributed by atoms with E-state index >= 15 is 0 Å². The van der Waals surface area contributed by atoms with Crippen LogP contribution < -0.4 is 0 Å². The minimum atomic E-state index is -0.811. The molecular formula is C65H104O6. The van der Waals surface area contributed by atoms with Crippen LogP contribution in [-0.4, -0.2) is 37.2 Å². The number of unbranched alkanes of at least 4 members (excludes halogenated alkanes) is 17. The van der Waals surface area contributed by atoms with E-state index in [0.717, 1.165) is 148 Å². The van der Waals surface area contributed by atoms with Crippen LogP contribution in [0.25, 0.3) is 0 Å². The third-order valence-electron chi connectivity index (χ3n) is 11.6. The van der Waals surface area contributed by atoms with Gasteiger partial charge in [-0.3, -0.25) is 14.4 Å². The second kappa shape index (κ2) is 58.1. The van der Waals surface area contributed by atoms with Gasteiger partial charge >= 0.3 is 17.9 Å². The lowest BCUT2D eigenvalue weighted by molar-refractivity contribution is -0.167. The Bertz CT molecular complexity index is 1550. The van der Waals surface area contributed by atoms with Gasteiger partial charge in [-0.2, -0.15) is 0 Å². The predicted octanol–water partition coefficient (Wildman–Crippen LogP) is 19.4. The fourth-order valence-electron chi connectivity index (χ4n) is 7.37. The summed E-state index contributed by atoms with van der Waals surface area (Å²) in [5, 5.41) is 0. The summed E-state index contributed by atoms with van der Waals surface area (Å²) >= 11 is 0. The third kappa shape index (κ3) is 56.3. The molecule has 0 aliphatic heterocycles. The van der Waals surface area contributed by atoms with Gasteiger partial charge in [-0.25, -0.2) is 0 Å². The van der Waals surface area contributed by atoms with E-state index in [2.05, 4.69) is 154 Å². The molecule has 6 nitrogen and oxygen atoms in total. The zero-order chi connectivity index (χ0) is 51.4. The molecule has 0 saturated heterocycles. The lowest BCUT2D eigenvalue weighted by Gasteiger charge is -2.18. The van der Waals surface area contributed by atoms with Crippen molar-refractivity contribution in [2.75, 3.05) is 13.2 Å². The Balaban J connectivity index is 4.47. The molecule has 0 aromatic carbocycles. The van der Waals surface area contributed by atoms with Gasteiger partial charge in [-0.1, -0.05) is 219 Å². The van der Waals surface area contributed by atoms with E-state index in [1.165, 1.54) is 51.4 Å². The molecule has 1 unspecified atom stereocenters. The molecule has 0 rings (SSSR count). The molecule has 0 radical (unpaired) electrons. The molecule has 71 heavy (non-hydrogen) atoms. The van der Waals surface area contributed by atoms with Gasteiger partial charge in [0, 0.05) is 19.3 Å². The van der Waals surface area contributed by atoms with E-state index in [0.29, 0.717) is 19.3 Å². The summed E-state index contributed by atoms with van der Waals surface area (Å²) in [6, 6.07) is 0. The van der Waals surface area contributed by atoms with Crippen LogP contribution in [0.15, 0.2) is 134 Å². The lowest BCUT2D eigenvalue weighted by Crippen LogP contribution is -2.30. The molecule has 0 heterocycles. The summed E-state index contributed by atoms with van der Waals surface area (Å²) in [4.78, 5) is 38.1. The summed E-state index contributed by atoms with van der Waals surface area (Å²) in [6.07, 6.45) is 81.5. The molecule has 0 fully saturated rings. The first-order chi connectivity index (χ1) is 35.0. The van der Waals surface area contributed by atoms with Crippen molar-refractivity contribution in [1.29, 1.82) is 0 Å². The van der Waals surface area contributed by atoms with Crippen molar-refractivity contribution in [3.63, 3.8) is 0 Å². The number of carbonyl (C=O) groups is 3. The van der Waals surface area contributed by atoms with Gasteiger partial charge < -0.3 is 14.2 Å². The lowest BCUT2D eigenvalue weighted by atomic mass is 10.1. The Morgan fingerprint density at radius 3 is 0.873 bits per heavy atom. The van der Waals surface area contributed by atoms with Gasteiger partial charge in [-0.05, 0) is 135 Å². The minimum absolute atomic E-state index is 0.109. The number of rotatable bonds is 50. The standard InChI is InChI=1S/C65H104O6/c1-4-7-10-13-16-19-22-25-27-29-30-31-32-33-34-36-37-40-43-46-49-52-55-58-64(67)70-61-62(60-69-63(66)57-54-51-48-45-42-39-24-21-18-15-12-9-6-3)71-65(68)59-56-53-50-47-44-41-38-35-28-26-23-20-17-14-11-8-5-2/h7,9-10,12,16-21,25-28,30-31,33-34,37,39-40,42,62H,4-6,8,11,13-15,22-24,29,32,35-36,38,41,43-61H2,1-3H3/b10-7-,12-9-,19-16-,20-17-,21-18-,27-25-,28-26-,31-30-,34-33-,40-37-,42-39-. The van der Waals surface area contributed by atoms with E-state index < -0.39 is 6.10 Å². The van der Waals surface area contributed by atoms with Gasteiger partial charge in [0.1, 0.15) is 13.2 Å². The van der Waals surface area contributed by atoms with E-state index in [-0.39, 0.29) is 31.1 Å². The molecular weight excluding hydrogens is 877 g/mol. The molecule has 0 aliphatic carbocycles. The van der Waals surface area contributed by atoms with Crippen LogP contribution in [0.3, 0.4) is 0 Å². The number of esters is 3. The molecule has 0 spiro atoms. The molecule has 0 aromatic rings. The topological polar surface area (TPSA) is 78.9 Å². The predicted molar refractivity (Wildman–Crippen MR) is 306 cm³/mol. The zero-order valence-corrected chi connectivity index (χ0v) is 45.7. The highest BCUT2D eigenvalue weighted by molar-refractivity contribution is 5.71. The summed E-state index contributed by atoms with van der Waals surface area (Å²) in [7, 11) is 0. The van der Waals surface area contributed by atoms with Gasteiger partial charge in [0.15, 0.2) is 6.10 Å². The van der Waals surface area contributed by atoms with Gasteiger partial charge in [0.25, 0.3) is 0 Å². The second-order valence-corrected chi connectivity index (χ2v) is 18.4. The monoisotopic (exact) mass is 981 g/mol. The zero-order valence-electron chi connectivity index (χ0n) is 45.7. The first-order valence-corrected chi connectivity index (χ1v) is 28.7. The smallest absolute Gasteiger partial charge is 0.306 e. The van der Waals surface area contributed by atoms with Crippen LogP contribution >= 0.6 is 0 Å². The Labute approximate surface area is 436 Å². The van der Waals surface area contributed by atoms with Crippen molar-refractivity contribution in [2.45, 2.75) is 245 Å². The van der Waals surface area contributed by atoms with E-state index in [1.807, 2.05) is 0 Å². The Kier molecular flexibility index (Phi) is 54.5. The van der Waals surface area contributed by atoms with E-state index in [1.54, 1.807) is 0 Å². The van der Waals surface area contributed by atoms with Crippen LogP contribution in [0.2, 0.25) is 0 Å². The largest absolute Gasteiger partial charge is 0.462 e. The maximum atomic E-state index is 12.9. The maximum Gasteiger partial charge on any atom is 0.306 e. The summed E-state index contributed by atoms with van der Waals surface area (Å²) < 4.78 is 16.8. The number of hydrogen-bond donors (Lipinski definition) is 0. The highest BCUT2D eigenvalue weighted by Gasteiger charge is 2.19. The van der Waals surface area contributed by atoms with Crippen LogP contribution in [0.5, 0.6) is 0 Å². The second-order valence-electron chi connectivity index (χ2n) is 18.4. The normalized spacial score (nSPS) is 13.1. The Hall–Kier alpha value is -4.45.